The Kier molecular flexibility index (Phi) is 6.58. The Bertz CT molecular complexity index is 1000. The molecule has 0 atom stereocenters. The number of fused-ring (bicyclic) bond motifs is 1. The van der Waals surface area contributed by atoms with E-state index < -0.39 is 29.4 Å². The van der Waals surface area contributed by atoms with Gasteiger partial charge in [0.1, 0.15) is 5.82 Å². The Labute approximate surface area is 187 Å². The van der Waals surface area contributed by atoms with Crippen molar-refractivity contribution < 1.29 is 31.1 Å². The molecule has 0 saturated heterocycles. The first-order valence-corrected chi connectivity index (χ1v) is 10.4. The van der Waals surface area contributed by atoms with E-state index in [0.29, 0.717) is 43.9 Å². The van der Waals surface area contributed by atoms with E-state index in [1.807, 2.05) is 32.7 Å². The summed E-state index contributed by atoms with van der Waals surface area (Å²) in [6.45, 7) is 7.33. The third-order valence-electron chi connectivity index (χ3n) is 5.25. The Balaban J connectivity index is 2.18. The van der Waals surface area contributed by atoms with Gasteiger partial charge in [-0.05, 0) is 43.6 Å². The molecule has 0 fully saturated rings. The van der Waals surface area contributed by atoms with Gasteiger partial charge in [0.05, 0.1) is 16.8 Å². The van der Waals surface area contributed by atoms with E-state index in [4.69, 9.17) is 0 Å². The van der Waals surface area contributed by atoms with E-state index >= 15 is 0 Å². The van der Waals surface area contributed by atoms with Crippen LogP contribution in [0, 0.1) is 5.41 Å². The van der Waals surface area contributed by atoms with Gasteiger partial charge in [0.15, 0.2) is 5.69 Å². The molecule has 2 heterocycles. The van der Waals surface area contributed by atoms with Crippen LogP contribution in [0.5, 0.6) is 0 Å². The number of nitrogens with one attached hydrogen (secondary N) is 1. The molecule has 0 spiro atoms. The van der Waals surface area contributed by atoms with Gasteiger partial charge in [0, 0.05) is 25.2 Å². The first-order chi connectivity index (χ1) is 15.1. The Morgan fingerprint density at radius 2 is 1.58 bits per heavy atom. The fraction of sp³-hybridized carbons (Fsp3) is 0.545. The van der Waals surface area contributed by atoms with Crippen molar-refractivity contribution in [2.45, 2.75) is 52.6 Å². The number of benzene rings is 1. The first-order valence-electron chi connectivity index (χ1n) is 10.4. The van der Waals surface area contributed by atoms with Crippen LogP contribution in [0.2, 0.25) is 0 Å². The molecule has 1 amide bonds. The lowest BCUT2D eigenvalue weighted by Gasteiger charge is -2.19. The molecule has 1 N–H and O–H groups in total. The zero-order chi connectivity index (χ0) is 24.8. The predicted molar refractivity (Wildman–Crippen MR) is 110 cm³/mol. The lowest BCUT2D eigenvalue weighted by Crippen LogP contribution is -2.33. The smallest absolute Gasteiger partial charge is 0.350 e. The zero-order valence-electron chi connectivity index (χ0n) is 18.8. The second-order valence-corrected chi connectivity index (χ2v) is 9.51. The van der Waals surface area contributed by atoms with Gasteiger partial charge < -0.3 is 14.8 Å². The average Bonchev–Trinajstić information content (AvgIpc) is 2.90. The minimum absolute atomic E-state index is 0.00831. The van der Waals surface area contributed by atoms with Crippen LogP contribution < -0.4 is 5.32 Å². The molecular formula is C22H26F6N4O. The van der Waals surface area contributed by atoms with Crippen molar-refractivity contribution in [1.82, 2.24) is 19.8 Å². The van der Waals surface area contributed by atoms with Crippen LogP contribution in [-0.2, 0) is 25.4 Å². The molecular weight excluding hydrogens is 450 g/mol. The molecule has 0 unspecified atom stereocenters. The van der Waals surface area contributed by atoms with Gasteiger partial charge in [-0.1, -0.05) is 20.8 Å². The lowest BCUT2D eigenvalue weighted by molar-refractivity contribution is -0.143. The number of alkyl halides is 6. The summed E-state index contributed by atoms with van der Waals surface area (Å²) in [5.41, 5.74) is -2.94. The van der Waals surface area contributed by atoms with E-state index in [9.17, 15) is 31.1 Å². The average molecular weight is 476 g/mol. The highest BCUT2D eigenvalue weighted by molar-refractivity contribution is 5.94. The number of hydrogen-bond donors (Lipinski definition) is 1. The Morgan fingerprint density at radius 3 is 2.09 bits per heavy atom. The van der Waals surface area contributed by atoms with Crippen molar-refractivity contribution in [1.29, 1.82) is 0 Å². The lowest BCUT2D eigenvalue weighted by atomic mass is 9.97. The monoisotopic (exact) mass is 476 g/mol. The number of aromatic nitrogens is 2. The van der Waals surface area contributed by atoms with Gasteiger partial charge in [-0.15, -0.1) is 0 Å². The maximum atomic E-state index is 13.4. The normalized spacial score (nSPS) is 15.8. The number of rotatable bonds is 3. The Morgan fingerprint density at radius 1 is 1.00 bits per heavy atom. The van der Waals surface area contributed by atoms with Gasteiger partial charge in [0.2, 0.25) is 0 Å². The number of imidazole rings is 1. The number of nitrogens with zero attached hydrogens (tertiary/aromatic N) is 3. The first kappa shape index (κ1) is 25.1. The van der Waals surface area contributed by atoms with E-state index in [1.54, 1.807) is 4.57 Å². The quantitative estimate of drug-likeness (QED) is 0.620. The highest BCUT2D eigenvalue weighted by atomic mass is 19.4. The highest BCUT2D eigenvalue weighted by Gasteiger charge is 2.38. The van der Waals surface area contributed by atoms with Crippen LogP contribution in [0.3, 0.4) is 0 Å². The van der Waals surface area contributed by atoms with Crippen molar-refractivity contribution in [2.24, 2.45) is 5.41 Å². The maximum Gasteiger partial charge on any atom is 0.416 e. The van der Waals surface area contributed by atoms with Gasteiger partial charge in [-0.25, -0.2) is 4.98 Å². The molecule has 5 nitrogen and oxygen atoms in total. The molecule has 3 rings (SSSR count). The number of carbonyl (C=O) groups is 1. The van der Waals surface area contributed by atoms with E-state index in [1.165, 1.54) is 0 Å². The minimum Gasteiger partial charge on any atom is -0.350 e. The standard InChI is InChI=1S/C22H26F6N4O/c1-20(2,3)12-29-19(33)17-16-11-31(4)6-5-7-32(16)18(30-17)13-8-14(21(23,24)25)10-15(9-13)22(26,27)28/h8-10H,5-7,11-12H2,1-4H3,(H,29,33). The van der Waals surface area contributed by atoms with Gasteiger partial charge in [-0.2, -0.15) is 26.3 Å². The molecule has 2 aromatic rings. The van der Waals surface area contributed by atoms with E-state index in [-0.39, 0.29) is 35.1 Å². The summed E-state index contributed by atoms with van der Waals surface area (Å²) in [5.74, 6) is -0.601. The fourth-order valence-electron chi connectivity index (χ4n) is 3.64. The number of carbonyl (C=O) groups excluding carboxylic acids is 1. The largest absolute Gasteiger partial charge is 0.416 e. The van der Waals surface area contributed by atoms with Gasteiger partial charge in [0.25, 0.3) is 5.91 Å². The van der Waals surface area contributed by atoms with Crippen LogP contribution in [-0.4, -0.2) is 40.5 Å². The number of hydrogen-bond acceptors (Lipinski definition) is 3. The van der Waals surface area contributed by atoms with E-state index in [0.717, 1.165) is 0 Å². The fourth-order valence-corrected chi connectivity index (χ4v) is 3.64. The van der Waals surface area contributed by atoms with Crippen molar-refractivity contribution in [3.63, 3.8) is 0 Å². The van der Waals surface area contributed by atoms with Gasteiger partial charge >= 0.3 is 12.4 Å². The molecule has 0 radical (unpaired) electrons. The molecule has 0 aliphatic carbocycles. The van der Waals surface area contributed by atoms with Crippen molar-refractivity contribution >= 4 is 5.91 Å². The zero-order valence-corrected chi connectivity index (χ0v) is 18.8. The number of amides is 1. The minimum atomic E-state index is -4.97. The second kappa shape index (κ2) is 8.66. The summed E-state index contributed by atoms with van der Waals surface area (Å²) >= 11 is 0. The second-order valence-electron chi connectivity index (χ2n) is 9.51. The molecule has 1 aliphatic heterocycles. The molecule has 11 heteroatoms. The van der Waals surface area contributed by atoms with Crippen LogP contribution in [0.4, 0.5) is 26.3 Å². The Hall–Kier alpha value is -2.56. The van der Waals surface area contributed by atoms with Crippen LogP contribution in [0.1, 0.15) is 54.5 Å². The molecule has 1 aromatic carbocycles. The molecule has 0 saturated carbocycles. The predicted octanol–water partition coefficient (Wildman–Crippen LogP) is 5.20. The van der Waals surface area contributed by atoms with Crippen molar-refractivity contribution in [3.8, 4) is 11.4 Å². The van der Waals surface area contributed by atoms with E-state index in [2.05, 4.69) is 10.3 Å². The molecule has 0 bridgehead atoms. The molecule has 1 aliphatic rings. The summed E-state index contributed by atoms with van der Waals surface area (Å²) < 4.78 is 81.9. The molecule has 182 valence electrons. The van der Waals surface area contributed by atoms with Crippen LogP contribution in [0.15, 0.2) is 18.2 Å². The third-order valence-corrected chi connectivity index (χ3v) is 5.25. The highest BCUT2D eigenvalue weighted by Crippen LogP contribution is 2.39. The molecule has 33 heavy (non-hydrogen) atoms. The summed E-state index contributed by atoms with van der Waals surface area (Å²) in [6, 6.07) is 1.38. The van der Waals surface area contributed by atoms with Crippen LogP contribution >= 0.6 is 0 Å². The number of halogens is 6. The molecule has 1 aromatic heterocycles. The summed E-state index contributed by atoms with van der Waals surface area (Å²) in [5, 5.41) is 2.77. The SMILES string of the molecule is CN1CCCn2c(-c3cc(C(F)(F)F)cc(C(F)(F)F)c3)nc(C(=O)NCC(C)(C)C)c2C1. The summed E-state index contributed by atoms with van der Waals surface area (Å²) in [4.78, 5) is 19.1. The van der Waals surface area contributed by atoms with Crippen LogP contribution in [0.25, 0.3) is 11.4 Å². The maximum absolute atomic E-state index is 13.4. The van der Waals surface area contributed by atoms with Crippen molar-refractivity contribution in [3.05, 3.63) is 40.7 Å². The summed E-state index contributed by atoms with van der Waals surface area (Å²) in [7, 11) is 1.82. The summed E-state index contributed by atoms with van der Waals surface area (Å²) in [6.07, 6.45) is -9.35. The third kappa shape index (κ3) is 5.87. The van der Waals surface area contributed by atoms with Gasteiger partial charge in [-0.3, -0.25) is 4.79 Å². The van der Waals surface area contributed by atoms with Crippen molar-refractivity contribution in [2.75, 3.05) is 20.1 Å². The topological polar surface area (TPSA) is 50.2 Å².